The molecule has 0 atom stereocenters. The number of aliphatic hydroxyl groups is 1. The van der Waals surface area contributed by atoms with Crippen LogP contribution in [0.5, 0.6) is 5.75 Å². The third kappa shape index (κ3) is 3.47. The number of benzene rings is 1. The third-order valence-corrected chi connectivity index (χ3v) is 3.22. The first-order valence-corrected chi connectivity index (χ1v) is 6.40. The Morgan fingerprint density at radius 2 is 2.06 bits per heavy atom. The van der Waals surface area contributed by atoms with Crippen LogP contribution in [0.3, 0.4) is 0 Å². The molecule has 0 saturated heterocycles. The van der Waals surface area contributed by atoms with Crippen molar-refractivity contribution >= 4 is 5.91 Å². The minimum absolute atomic E-state index is 0.00745. The van der Waals surface area contributed by atoms with Gasteiger partial charge in [-0.15, -0.1) is 0 Å². The van der Waals surface area contributed by atoms with Crippen LogP contribution in [0.1, 0.15) is 31.2 Å². The van der Waals surface area contributed by atoms with Crippen LogP contribution in [0.25, 0.3) is 0 Å². The standard InChI is InChI=1S/C14H19NO3/c16-9-11-5-1-4-8-13(11)18-10-14(17)15-12-6-2-3-7-12/h1,4-5,8,12,16H,2-3,6-7,9-10H2,(H,15,17). The first-order chi connectivity index (χ1) is 8.79. The van der Waals surface area contributed by atoms with Crippen molar-refractivity contribution in [3.8, 4) is 5.75 Å². The molecule has 2 rings (SSSR count). The highest BCUT2D eigenvalue weighted by molar-refractivity contribution is 5.77. The number of rotatable bonds is 5. The van der Waals surface area contributed by atoms with Gasteiger partial charge in [0.05, 0.1) is 6.61 Å². The first-order valence-electron chi connectivity index (χ1n) is 6.40. The van der Waals surface area contributed by atoms with Crippen molar-refractivity contribution < 1.29 is 14.6 Å². The Bertz CT molecular complexity index is 400. The Balaban J connectivity index is 1.81. The lowest BCUT2D eigenvalue weighted by atomic mass is 10.2. The second-order valence-electron chi connectivity index (χ2n) is 4.60. The van der Waals surface area contributed by atoms with Crippen molar-refractivity contribution in [3.05, 3.63) is 29.8 Å². The second-order valence-corrected chi connectivity index (χ2v) is 4.60. The highest BCUT2D eigenvalue weighted by Gasteiger charge is 2.17. The topological polar surface area (TPSA) is 58.6 Å². The van der Waals surface area contributed by atoms with Gasteiger partial charge < -0.3 is 15.2 Å². The second kappa shape index (κ2) is 6.40. The third-order valence-electron chi connectivity index (χ3n) is 3.22. The summed E-state index contributed by atoms with van der Waals surface area (Å²) in [5.74, 6) is 0.483. The summed E-state index contributed by atoms with van der Waals surface area (Å²) in [6.45, 7) is -0.0755. The number of hydrogen-bond donors (Lipinski definition) is 2. The molecule has 18 heavy (non-hydrogen) atoms. The normalized spacial score (nSPS) is 15.6. The molecule has 0 radical (unpaired) electrons. The maximum atomic E-state index is 11.7. The zero-order chi connectivity index (χ0) is 12.8. The molecule has 1 amide bonds. The zero-order valence-corrected chi connectivity index (χ0v) is 10.4. The fourth-order valence-electron chi connectivity index (χ4n) is 2.26. The van der Waals surface area contributed by atoms with E-state index < -0.39 is 0 Å². The number of carbonyl (C=O) groups excluding carboxylic acids is 1. The Kier molecular flexibility index (Phi) is 4.59. The van der Waals surface area contributed by atoms with E-state index in [9.17, 15) is 4.79 Å². The van der Waals surface area contributed by atoms with Crippen LogP contribution in [0.15, 0.2) is 24.3 Å². The lowest BCUT2D eigenvalue weighted by Gasteiger charge is -2.13. The summed E-state index contributed by atoms with van der Waals surface area (Å²) in [4.78, 5) is 11.7. The lowest BCUT2D eigenvalue weighted by molar-refractivity contribution is -0.123. The van der Waals surface area contributed by atoms with Crippen molar-refractivity contribution in [3.63, 3.8) is 0 Å². The SMILES string of the molecule is O=C(COc1ccccc1CO)NC1CCCC1. The molecule has 1 aromatic rings. The lowest BCUT2D eigenvalue weighted by Crippen LogP contribution is -2.36. The largest absolute Gasteiger partial charge is 0.483 e. The van der Waals surface area contributed by atoms with Gasteiger partial charge >= 0.3 is 0 Å². The average Bonchev–Trinajstić information content (AvgIpc) is 2.89. The predicted molar refractivity (Wildman–Crippen MR) is 68.3 cm³/mol. The van der Waals surface area contributed by atoms with E-state index in [0.29, 0.717) is 17.4 Å². The summed E-state index contributed by atoms with van der Waals surface area (Å²) in [7, 11) is 0. The van der Waals surface area contributed by atoms with Gasteiger partial charge in [-0.3, -0.25) is 4.79 Å². The van der Waals surface area contributed by atoms with E-state index in [2.05, 4.69) is 5.32 Å². The number of ether oxygens (including phenoxy) is 1. The van der Waals surface area contributed by atoms with Gasteiger partial charge in [0.15, 0.2) is 6.61 Å². The quantitative estimate of drug-likeness (QED) is 0.833. The number of hydrogen-bond acceptors (Lipinski definition) is 3. The zero-order valence-electron chi connectivity index (χ0n) is 10.4. The predicted octanol–water partition coefficient (Wildman–Crippen LogP) is 1.62. The van der Waals surface area contributed by atoms with Crippen molar-refractivity contribution in [2.24, 2.45) is 0 Å². The molecule has 4 nitrogen and oxygen atoms in total. The molecule has 0 unspecified atom stereocenters. The van der Waals surface area contributed by atoms with Crippen LogP contribution in [-0.2, 0) is 11.4 Å². The van der Waals surface area contributed by atoms with Crippen molar-refractivity contribution in [2.75, 3.05) is 6.61 Å². The fourth-order valence-corrected chi connectivity index (χ4v) is 2.26. The Labute approximate surface area is 107 Å². The van der Waals surface area contributed by atoms with Gasteiger partial charge in [-0.05, 0) is 18.9 Å². The molecule has 0 bridgehead atoms. The van der Waals surface area contributed by atoms with Crippen molar-refractivity contribution in [1.29, 1.82) is 0 Å². The molecule has 1 aromatic carbocycles. The molecule has 2 N–H and O–H groups in total. The maximum absolute atomic E-state index is 11.7. The molecule has 1 aliphatic rings. The summed E-state index contributed by atoms with van der Waals surface area (Å²) in [5, 5.41) is 12.1. The first kappa shape index (κ1) is 12.9. The molecule has 1 fully saturated rings. The van der Waals surface area contributed by atoms with Crippen LogP contribution in [0.4, 0.5) is 0 Å². The summed E-state index contributed by atoms with van der Waals surface area (Å²) in [5.41, 5.74) is 0.700. The van der Waals surface area contributed by atoms with Gasteiger partial charge in [-0.25, -0.2) is 0 Å². The molecule has 1 saturated carbocycles. The molecular weight excluding hydrogens is 230 g/mol. The van der Waals surface area contributed by atoms with Crippen LogP contribution in [0, 0.1) is 0 Å². The van der Waals surface area contributed by atoms with E-state index in [1.807, 2.05) is 12.1 Å². The van der Waals surface area contributed by atoms with Gasteiger partial charge in [0.1, 0.15) is 5.75 Å². The van der Waals surface area contributed by atoms with E-state index in [0.717, 1.165) is 12.8 Å². The van der Waals surface area contributed by atoms with Crippen molar-refractivity contribution in [2.45, 2.75) is 38.3 Å². The minimum atomic E-state index is -0.0883. The molecule has 0 aliphatic heterocycles. The molecule has 1 aliphatic carbocycles. The number of carbonyl (C=O) groups is 1. The summed E-state index contributed by atoms with van der Waals surface area (Å²) in [6.07, 6.45) is 4.52. The van der Waals surface area contributed by atoms with Gasteiger partial charge in [0.2, 0.25) is 0 Å². The van der Waals surface area contributed by atoms with Crippen LogP contribution in [-0.4, -0.2) is 23.7 Å². The Morgan fingerprint density at radius 3 is 2.78 bits per heavy atom. The summed E-state index contributed by atoms with van der Waals surface area (Å²) in [6, 6.07) is 7.51. The molecule has 0 aromatic heterocycles. The van der Waals surface area contributed by atoms with Gasteiger partial charge in [-0.1, -0.05) is 31.0 Å². The number of para-hydroxylation sites is 1. The monoisotopic (exact) mass is 249 g/mol. The van der Waals surface area contributed by atoms with E-state index in [-0.39, 0.29) is 19.1 Å². The molecule has 0 spiro atoms. The van der Waals surface area contributed by atoms with E-state index >= 15 is 0 Å². The van der Waals surface area contributed by atoms with Crippen molar-refractivity contribution in [1.82, 2.24) is 5.32 Å². The van der Waals surface area contributed by atoms with E-state index in [1.54, 1.807) is 12.1 Å². The highest BCUT2D eigenvalue weighted by atomic mass is 16.5. The van der Waals surface area contributed by atoms with Gasteiger partial charge in [0, 0.05) is 11.6 Å². The van der Waals surface area contributed by atoms with E-state index in [1.165, 1.54) is 12.8 Å². The van der Waals surface area contributed by atoms with Gasteiger partial charge in [-0.2, -0.15) is 0 Å². The summed E-state index contributed by atoms with van der Waals surface area (Å²) >= 11 is 0. The maximum Gasteiger partial charge on any atom is 0.258 e. The summed E-state index contributed by atoms with van der Waals surface area (Å²) < 4.78 is 5.43. The Hall–Kier alpha value is -1.55. The van der Waals surface area contributed by atoms with Crippen LogP contribution in [0.2, 0.25) is 0 Å². The smallest absolute Gasteiger partial charge is 0.258 e. The number of aliphatic hydroxyl groups excluding tert-OH is 1. The molecular formula is C14H19NO3. The number of amides is 1. The van der Waals surface area contributed by atoms with Gasteiger partial charge in [0.25, 0.3) is 5.91 Å². The van der Waals surface area contributed by atoms with Crippen LogP contribution < -0.4 is 10.1 Å². The fraction of sp³-hybridized carbons (Fsp3) is 0.500. The van der Waals surface area contributed by atoms with Crippen LogP contribution >= 0.6 is 0 Å². The Morgan fingerprint density at radius 1 is 1.33 bits per heavy atom. The molecule has 0 heterocycles. The molecule has 4 heteroatoms. The van der Waals surface area contributed by atoms with E-state index in [4.69, 9.17) is 9.84 Å². The number of nitrogens with one attached hydrogen (secondary N) is 1. The highest BCUT2D eigenvalue weighted by Crippen LogP contribution is 2.19. The minimum Gasteiger partial charge on any atom is -0.483 e. The molecule has 98 valence electrons. The average molecular weight is 249 g/mol.